The molecule has 2 N–H and O–H groups in total. The predicted octanol–water partition coefficient (Wildman–Crippen LogP) is 5.49. The highest BCUT2D eigenvalue weighted by atomic mass is 79.9. The maximum atomic E-state index is 13.0. The zero-order valence-electron chi connectivity index (χ0n) is 18.0. The Balaban J connectivity index is 1.59. The number of halogens is 1. The third kappa shape index (κ3) is 4.51. The normalized spacial score (nSPS) is 19.3. The summed E-state index contributed by atoms with van der Waals surface area (Å²) in [5.74, 6) is 0.618. The highest BCUT2D eigenvalue weighted by Crippen LogP contribution is 2.30. The molecule has 6 nitrogen and oxygen atoms in total. The van der Waals surface area contributed by atoms with E-state index in [1.807, 2.05) is 18.2 Å². The summed E-state index contributed by atoms with van der Waals surface area (Å²) in [5.41, 5.74) is 3.51. The minimum atomic E-state index is -0.531. The molecule has 1 aromatic carbocycles. The van der Waals surface area contributed by atoms with Gasteiger partial charge in [-0.15, -0.1) is 4.68 Å². The molecule has 3 aromatic rings. The van der Waals surface area contributed by atoms with Crippen molar-refractivity contribution >= 4 is 44.1 Å². The van der Waals surface area contributed by atoms with Crippen molar-refractivity contribution in [3.8, 4) is 0 Å². The third-order valence-corrected chi connectivity index (χ3v) is 6.47. The van der Waals surface area contributed by atoms with E-state index in [-0.39, 0.29) is 5.92 Å². The fourth-order valence-electron chi connectivity index (χ4n) is 4.21. The average Bonchev–Trinajstić information content (AvgIpc) is 3.07. The fraction of sp³-hybridized carbons (Fsp3) is 0.375. The number of aromatic amines is 2. The van der Waals surface area contributed by atoms with Crippen molar-refractivity contribution in [2.45, 2.75) is 46.5 Å². The first-order valence-electron chi connectivity index (χ1n) is 10.7. The van der Waals surface area contributed by atoms with Crippen molar-refractivity contribution in [2.75, 3.05) is 0 Å². The van der Waals surface area contributed by atoms with Crippen molar-refractivity contribution in [2.24, 2.45) is 16.9 Å². The van der Waals surface area contributed by atoms with Crippen LogP contribution < -0.4 is 11.2 Å². The van der Waals surface area contributed by atoms with E-state index in [4.69, 9.17) is 0 Å². The maximum absolute atomic E-state index is 13.0. The number of aromatic nitrogens is 3. The molecule has 0 spiro atoms. The summed E-state index contributed by atoms with van der Waals surface area (Å²) in [4.78, 5) is 31.5. The van der Waals surface area contributed by atoms with Gasteiger partial charge in [-0.1, -0.05) is 46.2 Å². The lowest BCUT2D eigenvalue weighted by Crippen LogP contribution is -2.32. The van der Waals surface area contributed by atoms with E-state index in [0.29, 0.717) is 17.0 Å². The first-order valence-corrected chi connectivity index (χ1v) is 11.4. The van der Waals surface area contributed by atoms with Gasteiger partial charge in [-0.05, 0) is 63.6 Å². The Kier molecular flexibility index (Phi) is 6.14. The van der Waals surface area contributed by atoms with Gasteiger partial charge in [0.1, 0.15) is 5.52 Å². The number of hydrogen-bond donors (Lipinski definition) is 2. The lowest BCUT2D eigenvalue weighted by molar-refractivity contribution is 0.429. The second-order valence-electron chi connectivity index (χ2n) is 8.64. The summed E-state index contributed by atoms with van der Waals surface area (Å²) >= 11 is 3.43. The van der Waals surface area contributed by atoms with Crippen molar-refractivity contribution in [3.05, 3.63) is 66.8 Å². The Bertz CT molecular complexity index is 1340. The molecule has 2 atom stereocenters. The molecule has 1 aliphatic rings. The monoisotopic (exact) mass is 482 g/mol. The molecule has 0 saturated heterocycles. The molecule has 0 amide bonds. The van der Waals surface area contributed by atoms with Gasteiger partial charge in [0.2, 0.25) is 0 Å². The standard InChI is InChI=1S/C24H27BrN4O2/c1-14(2)5-4-6-16-7-8-17(15(3)11-16)13-26-29-23(30)22-21(28-24(29)31)19-12-18(25)9-10-20(19)27-22/h5,7,9-10,12-13,15,17,27H,4,6,8,11H2,1-3H3,(H,28,31)/b26-13+. The lowest BCUT2D eigenvalue weighted by atomic mass is 9.80. The van der Waals surface area contributed by atoms with Crippen LogP contribution in [0.25, 0.3) is 21.9 Å². The Morgan fingerprint density at radius 2 is 2.06 bits per heavy atom. The van der Waals surface area contributed by atoms with E-state index >= 15 is 0 Å². The molecule has 0 bridgehead atoms. The van der Waals surface area contributed by atoms with Crippen LogP contribution in [0.5, 0.6) is 0 Å². The van der Waals surface area contributed by atoms with Gasteiger partial charge in [0.05, 0.1) is 5.52 Å². The molecule has 0 radical (unpaired) electrons. The predicted molar refractivity (Wildman–Crippen MR) is 131 cm³/mol. The quantitative estimate of drug-likeness (QED) is 0.372. The van der Waals surface area contributed by atoms with E-state index < -0.39 is 11.2 Å². The van der Waals surface area contributed by atoms with Crippen LogP contribution in [0.1, 0.15) is 46.5 Å². The molecule has 0 fully saturated rings. The Morgan fingerprint density at radius 3 is 2.81 bits per heavy atom. The smallest absolute Gasteiger partial charge is 0.349 e. The Morgan fingerprint density at radius 1 is 1.26 bits per heavy atom. The Labute approximate surface area is 188 Å². The van der Waals surface area contributed by atoms with E-state index in [0.717, 1.165) is 45.7 Å². The summed E-state index contributed by atoms with van der Waals surface area (Å²) < 4.78 is 1.80. The van der Waals surface area contributed by atoms with Gasteiger partial charge in [-0.2, -0.15) is 5.10 Å². The van der Waals surface area contributed by atoms with E-state index in [1.165, 1.54) is 11.1 Å². The molecule has 2 unspecified atom stereocenters. The van der Waals surface area contributed by atoms with Crippen molar-refractivity contribution in [3.63, 3.8) is 0 Å². The van der Waals surface area contributed by atoms with Gasteiger partial charge in [-0.3, -0.25) is 4.79 Å². The largest absolute Gasteiger partial charge is 0.350 e. The molecule has 0 saturated carbocycles. The van der Waals surface area contributed by atoms with E-state index in [1.54, 1.807) is 6.21 Å². The number of fused-ring (bicyclic) bond motifs is 3. The molecular weight excluding hydrogens is 456 g/mol. The summed E-state index contributed by atoms with van der Waals surface area (Å²) in [6, 6.07) is 5.64. The van der Waals surface area contributed by atoms with Gasteiger partial charge in [0.25, 0.3) is 0 Å². The number of nitrogens with one attached hydrogen (secondary N) is 2. The highest BCUT2D eigenvalue weighted by Gasteiger charge is 2.21. The van der Waals surface area contributed by atoms with Crippen molar-refractivity contribution < 1.29 is 0 Å². The maximum Gasteiger partial charge on any atom is 0.350 e. The molecule has 2 aromatic heterocycles. The molecule has 31 heavy (non-hydrogen) atoms. The van der Waals surface area contributed by atoms with Gasteiger partial charge in [0.15, 0.2) is 0 Å². The van der Waals surface area contributed by atoms with Crippen LogP contribution in [0.3, 0.4) is 0 Å². The summed E-state index contributed by atoms with van der Waals surface area (Å²) in [5, 5.41) is 5.09. The van der Waals surface area contributed by atoms with Crippen LogP contribution in [-0.4, -0.2) is 20.9 Å². The van der Waals surface area contributed by atoms with E-state index in [2.05, 4.69) is 63.9 Å². The van der Waals surface area contributed by atoms with E-state index in [9.17, 15) is 9.59 Å². The zero-order valence-corrected chi connectivity index (χ0v) is 19.6. The SMILES string of the molecule is CC(C)=CCCC1=CCC(/C=N/n2c(=O)[nH]c3c([nH]c4ccc(Br)cc43)c2=O)C(C)C1. The van der Waals surface area contributed by atoms with Crippen LogP contribution in [0, 0.1) is 11.8 Å². The first kappa shape index (κ1) is 21.6. The summed E-state index contributed by atoms with van der Waals surface area (Å²) in [7, 11) is 0. The molecule has 4 rings (SSSR count). The second-order valence-corrected chi connectivity index (χ2v) is 9.56. The fourth-order valence-corrected chi connectivity index (χ4v) is 4.57. The summed E-state index contributed by atoms with van der Waals surface area (Å²) in [6.07, 6.45) is 10.4. The summed E-state index contributed by atoms with van der Waals surface area (Å²) in [6.45, 7) is 6.45. The van der Waals surface area contributed by atoms with Crippen LogP contribution in [0.15, 0.2) is 60.7 Å². The van der Waals surface area contributed by atoms with Crippen LogP contribution >= 0.6 is 15.9 Å². The van der Waals surface area contributed by atoms with Crippen molar-refractivity contribution in [1.82, 2.24) is 14.6 Å². The van der Waals surface area contributed by atoms with Crippen LogP contribution in [-0.2, 0) is 0 Å². The van der Waals surface area contributed by atoms with Gasteiger partial charge in [0, 0.05) is 27.5 Å². The molecule has 7 heteroatoms. The molecule has 1 aliphatic carbocycles. The van der Waals surface area contributed by atoms with Crippen molar-refractivity contribution in [1.29, 1.82) is 0 Å². The number of benzene rings is 1. The minimum absolute atomic E-state index is 0.202. The average molecular weight is 483 g/mol. The molecule has 162 valence electrons. The van der Waals surface area contributed by atoms with Crippen LogP contribution in [0.4, 0.5) is 0 Å². The topological polar surface area (TPSA) is 83.0 Å². The second kappa shape index (κ2) is 8.83. The van der Waals surface area contributed by atoms with Crippen LogP contribution in [0.2, 0.25) is 0 Å². The third-order valence-electron chi connectivity index (χ3n) is 5.98. The molecular formula is C24H27BrN4O2. The Hall–Kier alpha value is -2.67. The zero-order chi connectivity index (χ0) is 22.1. The van der Waals surface area contributed by atoms with Gasteiger partial charge >= 0.3 is 11.2 Å². The molecule has 0 aliphatic heterocycles. The minimum Gasteiger partial charge on any atom is -0.349 e. The van der Waals surface area contributed by atoms with Gasteiger partial charge in [-0.25, -0.2) is 4.79 Å². The van der Waals surface area contributed by atoms with Gasteiger partial charge < -0.3 is 9.97 Å². The number of rotatable bonds is 5. The number of hydrogen-bond acceptors (Lipinski definition) is 3. The first-order chi connectivity index (χ1) is 14.8. The number of H-pyrrole nitrogens is 2. The number of nitrogens with zero attached hydrogens (tertiary/aromatic N) is 2. The highest BCUT2D eigenvalue weighted by molar-refractivity contribution is 9.10. The number of allylic oxidation sites excluding steroid dienone is 4. The lowest BCUT2D eigenvalue weighted by Gasteiger charge is -2.25. The molecule has 2 heterocycles.